The predicted octanol–water partition coefficient (Wildman–Crippen LogP) is 4.64. The quantitative estimate of drug-likeness (QED) is 0.735. The molecular weight excluding hydrogens is 336 g/mol. The summed E-state index contributed by atoms with van der Waals surface area (Å²) in [6.07, 6.45) is 0. The molecule has 3 rings (SSSR count). The largest absolute Gasteiger partial charge is 0.322 e. The fourth-order valence-electron chi connectivity index (χ4n) is 3.36. The number of fused-ring (bicyclic) bond motifs is 1. The Balaban J connectivity index is 2.09. The summed E-state index contributed by atoms with van der Waals surface area (Å²) in [5.74, 6) is -0.154. The topological polar surface area (TPSA) is 53.2 Å². The lowest BCUT2D eigenvalue weighted by Crippen LogP contribution is -2.36. The second-order valence-electron chi connectivity index (χ2n) is 7.58. The van der Waals surface area contributed by atoms with Crippen LogP contribution >= 0.6 is 0 Å². The molecule has 0 unspecified atom stereocenters. The van der Waals surface area contributed by atoms with Crippen molar-refractivity contribution in [3.63, 3.8) is 0 Å². The lowest BCUT2D eigenvalue weighted by Gasteiger charge is -2.26. The van der Waals surface area contributed by atoms with Crippen LogP contribution in [0.1, 0.15) is 36.1 Å². The zero-order valence-electron chi connectivity index (χ0n) is 16.6. The first-order chi connectivity index (χ1) is 12.8. The van der Waals surface area contributed by atoms with E-state index in [-0.39, 0.29) is 23.9 Å². The third-order valence-electron chi connectivity index (χ3n) is 4.81. The van der Waals surface area contributed by atoms with E-state index >= 15 is 0 Å². The highest BCUT2D eigenvalue weighted by atomic mass is 16.2. The maximum absolute atomic E-state index is 12.9. The predicted molar refractivity (Wildman–Crippen MR) is 111 cm³/mol. The lowest BCUT2D eigenvalue weighted by atomic mass is 10.1. The van der Waals surface area contributed by atoms with E-state index in [0.717, 1.165) is 33.3 Å². The molecule has 1 aromatic heterocycles. The van der Waals surface area contributed by atoms with Gasteiger partial charge in [-0.3, -0.25) is 9.59 Å². The van der Waals surface area contributed by atoms with Crippen LogP contribution in [0, 0.1) is 26.7 Å². The maximum Gasteiger partial charge on any atom is 0.253 e. The van der Waals surface area contributed by atoms with E-state index in [1.807, 2.05) is 71.0 Å². The molecule has 0 fully saturated rings. The number of rotatable bonds is 4. The van der Waals surface area contributed by atoms with E-state index in [1.54, 1.807) is 4.90 Å². The summed E-state index contributed by atoms with van der Waals surface area (Å²) in [5.41, 5.74) is 5.39. The summed E-state index contributed by atoms with van der Waals surface area (Å²) in [7, 11) is 0. The van der Waals surface area contributed by atoms with Crippen LogP contribution in [0.25, 0.3) is 10.9 Å². The molecule has 4 heteroatoms. The van der Waals surface area contributed by atoms with E-state index in [1.165, 1.54) is 0 Å². The van der Waals surface area contributed by atoms with Gasteiger partial charge in [-0.15, -0.1) is 0 Å². The third kappa shape index (κ3) is 3.95. The van der Waals surface area contributed by atoms with Gasteiger partial charge in [0.15, 0.2) is 0 Å². The number of amides is 1. The molecule has 1 amide bonds. The van der Waals surface area contributed by atoms with Crippen LogP contribution in [0.4, 0.5) is 5.69 Å². The van der Waals surface area contributed by atoms with Crippen LogP contribution in [0.2, 0.25) is 0 Å². The fraction of sp³-hybridized carbons (Fsp3) is 0.304. The molecule has 0 bridgehead atoms. The molecule has 2 aromatic carbocycles. The van der Waals surface area contributed by atoms with Crippen LogP contribution in [0.5, 0.6) is 0 Å². The SMILES string of the molecule is Cc1ccc(N(Cc2cc3cc(C)ccc3[nH]c2=O)C(=O)C(C)C)c(C)c1. The molecule has 0 aliphatic carbocycles. The monoisotopic (exact) mass is 362 g/mol. The molecule has 1 heterocycles. The summed E-state index contributed by atoms with van der Waals surface area (Å²) in [4.78, 5) is 30.2. The van der Waals surface area contributed by atoms with E-state index in [4.69, 9.17) is 0 Å². The minimum absolute atomic E-state index is 0.00527. The number of aromatic nitrogens is 1. The molecule has 0 saturated carbocycles. The molecule has 27 heavy (non-hydrogen) atoms. The highest BCUT2D eigenvalue weighted by Crippen LogP contribution is 2.25. The number of carbonyl (C=O) groups is 1. The van der Waals surface area contributed by atoms with Gasteiger partial charge >= 0.3 is 0 Å². The van der Waals surface area contributed by atoms with Gasteiger partial charge in [0.25, 0.3) is 5.56 Å². The van der Waals surface area contributed by atoms with Crippen LogP contribution in [0.15, 0.2) is 47.3 Å². The summed E-state index contributed by atoms with van der Waals surface area (Å²) in [5, 5.41) is 0.974. The number of aromatic amines is 1. The average Bonchev–Trinajstić information content (AvgIpc) is 2.60. The van der Waals surface area contributed by atoms with E-state index < -0.39 is 0 Å². The second-order valence-corrected chi connectivity index (χ2v) is 7.58. The number of nitrogens with one attached hydrogen (secondary N) is 1. The van der Waals surface area contributed by atoms with Gasteiger partial charge in [-0.2, -0.15) is 0 Å². The first-order valence-corrected chi connectivity index (χ1v) is 9.27. The van der Waals surface area contributed by atoms with E-state index in [9.17, 15) is 9.59 Å². The van der Waals surface area contributed by atoms with Gasteiger partial charge in [-0.1, -0.05) is 43.2 Å². The van der Waals surface area contributed by atoms with Gasteiger partial charge in [0.2, 0.25) is 5.91 Å². The molecule has 3 aromatic rings. The molecule has 0 aliphatic rings. The average molecular weight is 362 g/mol. The van der Waals surface area contributed by atoms with Crippen molar-refractivity contribution in [3.8, 4) is 0 Å². The van der Waals surface area contributed by atoms with E-state index in [2.05, 4.69) is 11.1 Å². The highest BCUT2D eigenvalue weighted by molar-refractivity contribution is 5.95. The zero-order chi connectivity index (χ0) is 19.7. The Labute approximate surface area is 159 Å². The number of nitrogens with zero attached hydrogens (tertiary/aromatic N) is 1. The van der Waals surface area contributed by atoms with Crippen molar-refractivity contribution >= 4 is 22.5 Å². The smallest absolute Gasteiger partial charge is 0.253 e. The standard InChI is InChI=1S/C23H26N2O2/c1-14(2)23(27)25(21-9-7-15(3)10-17(21)5)13-19-12-18-11-16(4)6-8-20(18)24-22(19)26/h6-12,14H,13H2,1-5H3,(H,24,26). The number of hydrogen-bond acceptors (Lipinski definition) is 2. The number of H-pyrrole nitrogens is 1. The molecule has 0 aliphatic heterocycles. The van der Waals surface area contributed by atoms with Crippen molar-refractivity contribution in [1.82, 2.24) is 4.98 Å². The van der Waals surface area contributed by atoms with Gasteiger partial charge in [0.05, 0.1) is 6.54 Å². The van der Waals surface area contributed by atoms with Gasteiger partial charge in [0, 0.05) is 22.7 Å². The zero-order valence-corrected chi connectivity index (χ0v) is 16.6. The molecule has 0 atom stereocenters. The van der Waals surface area contributed by atoms with Gasteiger partial charge in [0.1, 0.15) is 0 Å². The van der Waals surface area contributed by atoms with Crippen LogP contribution in [-0.2, 0) is 11.3 Å². The Bertz CT molecular complexity index is 1060. The van der Waals surface area contributed by atoms with Crippen LogP contribution in [0.3, 0.4) is 0 Å². The van der Waals surface area contributed by atoms with Crippen LogP contribution in [-0.4, -0.2) is 10.9 Å². The first-order valence-electron chi connectivity index (χ1n) is 9.27. The van der Waals surface area contributed by atoms with Gasteiger partial charge < -0.3 is 9.88 Å². The van der Waals surface area contributed by atoms with Crippen LogP contribution < -0.4 is 10.5 Å². The van der Waals surface area contributed by atoms with Crippen molar-refractivity contribution in [1.29, 1.82) is 0 Å². The van der Waals surface area contributed by atoms with Crippen molar-refractivity contribution in [2.75, 3.05) is 4.90 Å². The van der Waals surface area contributed by atoms with Gasteiger partial charge in [-0.05, 0) is 56.0 Å². The second kappa shape index (κ2) is 7.39. The summed E-state index contributed by atoms with van der Waals surface area (Å²) in [6, 6.07) is 13.8. The van der Waals surface area contributed by atoms with Crippen molar-refractivity contribution in [2.24, 2.45) is 5.92 Å². The van der Waals surface area contributed by atoms with Gasteiger partial charge in [-0.25, -0.2) is 0 Å². The Kier molecular flexibility index (Phi) is 5.17. The van der Waals surface area contributed by atoms with Crippen molar-refractivity contribution in [3.05, 3.63) is 75.1 Å². The summed E-state index contributed by atoms with van der Waals surface area (Å²) < 4.78 is 0. The molecule has 0 radical (unpaired) electrons. The molecule has 0 saturated heterocycles. The third-order valence-corrected chi connectivity index (χ3v) is 4.81. The minimum atomic E-state index is -0.160. The number of pyridine rings is 1. The minimum Gasteiger partial charge on any atom is -0.322 e. The number of carbonyl (C=O) groups excluding carboxylic acids is 1. The molecule has 4 nitrogen and oxygen atoms in total. The summed E-state index contributed by atoms with van der Waals surface area (Å²) in [6.45, 7) is 10.1. The summed E-state index contributed by atoms with van der Waals surface area (Å²) >= 11 is 0. The number of hydrogen-bond donors (Lipinski definition) is 1. The lowest BCUT2D eigenvalue weighted by molar-refractivity contribution is -0.121. The Morgan fingerprint density at radius 3 is 2.33 bits per heavy atom. The molecule has 140 valence electrons. The first kappa shape index (κ1) is 18.9. The number of anilines is 1. The maximum atomic E-state index is 12.9. The molecule has 1 N–H and O–H groups in total. The Morgan fingerprint density at radius 1 is 1.00 bits per heavy atom. The number of benzene rings is 2. The Morgan fingerprint density at radius 2 is 1.67 bits per heavy atom. The van der Waals surface area contributed by atoms with Crippen molar-refractivity contribution < 1.29 is 4.79 Å². The molecular formula is C23H26N2O2. The van der Waals surface area contributed by atoms with Crippen molar-refractivity contribution in [2.45, 2.75) is 41.2 Å². The van der Waals surface area contributed by atoms with E-state index in [0.29, 0.717) is 5.56 Å². The fourth-order valence-corrected chi connectivity index (χ4v) is 3.36. The molecule has 0 spiro atoms. The normalized spacial score (nSPS) is 11.2. The number of aryl methyl sites for hydroxylation is 3. The highest BCUT2D eigenvalue weighted by Gasteiger charge is 2.22. The Hall–Kier alpha value is -2.88.